The number of nitrogens with one attached hydrogen (secondary N) is 2. The summed E-state index contributed by atoms with van der Waals surface area (Å²) in [6.07, 6.45) is 0.795. The van der Waals surface area contributed by atoms with Gasteiger partial charge in [-0.15, -0.1) is 12.4 Å². The number of amides is 1. The first kappa shape index (κ1) is 20.6. The lowest BCUT2D eigenvalue weighted by Crippen LogP contribution is -2.50. The van der Waals surface area contributed by atoms with Crippen molar-refractivity contribution < 1.29 is 13.9 Å². The van der Waals surface area contributed by atoms with Crippen LogP contribution in [0.1, 0.15) is 17.2 Å². The normalized spacial score (nSPS) is 21.3. The van der Waals surface area contributed by atoms with Crippen molar-refractivity contribution in [3.63, 3.8) is 0 Å². The largest absolute Gasteiger partial charge is 0.488 e. The van der Waals surface area contributed by atoms with Crippen LogP contribution in [-0.4, -0.2) is 49.6 Å². The van der Waals surface area contributed by atoms with Gasteiger partial charge in [0.05, 0.1) is 13.1 Å². The zero-order valence-electron chi connectivity index (χ0n) is 15.6. The van der Waals surface area contributed by atoms with Crippen molar-refractivity contribution in [3.8, 4) is 5.75 Å². The molecule has 1 saturated heterocycles. The Bertz CT molecular complexity index is 795. The Morgan fingerprint density at radius 1 is 1.25 bits per heavy atom. The average molecular weight is 406 g/mol. The summed E-state index contributed by atoms with van der Waals surface area (Å²) in [7, 11) is 0. The lowest BCUT2D eigenvalue weighted by atomic mass is 10.0. The molecule has 0 bridgehead atoms. The van der Waals surface area contributed by atoms with Crippen molar-refractivity contribution in [1.29, 1.82) is 0 Å². The van der Waals surface area contributed by atoms with E-state index in [4.69, 9.17) is 4.74 Å². The fourth-order valence-corrected chi connectivity index (χ4v) is 3.81. The Labute approximate surface area is 170 Å². The monoisotopic (exact) mass is 405 g/mol. The first-order valence-electron chi connectivity index (χ1n) is 9.40. The molecule has 5 nitrogen and oxygen atoms in total. The van der Waals surface area contributed by atoms with E-state index >= 15 is 0 Å². The van der Waals surface area contributed by atoms with Gasteiger partial charge in [-0.1, -0.05) is 30.3 Å². The molecule has 0 aromatic heterocycles. The third-order valence-electron chi connectivity index (χ3n) is 5.18. The quantitative estimate of drug-likeness (QED) is 0.801. The molecule has 0 radical (unpaired) electrons. The fraction of sp³-hybridized carbons (Fsp3) is 0.381. The highest BCUT2D eigenvalue weighted by Crippen LogP contribution is 2.27. The van der Waals surface area contributed by atoms with E-state index in [0.717, 1.165) is 30.8 Å². The number of carbonyl (C=O) groups excluding carboxylic acids is 1. The Morgan fingerprint density at radius 3 is 2.93 bits per heavy atom. The molecule has 2 aliphatic rings. The Balaban J connectivity index is 0.00000225. The van der Waals surface area contributed by atoms with Crippen LogP contribution in [0.5, 0.6) is 5.75 Å². The summed E-state index contributed by atoms with van der Waals surface area (Å²) in [5, 5.41) is 6.32. The molecule has 2 N–H and O–H groups in total. The molecule has 2 heterocycles. The van der Waals surface area contributed by atoms with Crippen LogP contribution in [0.15, 0.2) is 48.5 Å². The Hall–Kier alpha value is -2.15. The Kier molecular flexibility index (Phi) is 6.88. The van der Waals surface area contributed by atoms with Crippen LogP contribution in [0.25, 0.3) is 0 Å². The van der Waals surface area contributed by atoms with Gasteiger partial charge in [-0.3, -0.25) is 9.69 Å². The number of ether oxygens (including phenoxy) is 1. The maximum atomic E-state index is 13.6. The van der Waals surface area contributed by atoms with Gasteiger partial charge >= 0.3 is 0 Å². The topological polar surface area (TPSA) is 53.6 Å². The number of para-hydroxylation sites is 1. The van der Waals surface area contributed by atoms with E-state index in [2.05, 4.69) is 21.6 Å². The molecule has 0 saturated carbocycles. The number of rotatable bonds is 5. The van der Waals surface area contributed by atoms with E-state index in [0.29, 0.717) is 19.6 Å². The van der Waals surface area contributed by atoms with Crippen molar-refractivity contribution in [2.45, 2.75) is 18.6 Å². The van der Waals surface area contributed by atoms with Crippen molar-refractivity contribution in [3.05, 3.63) is 65.5 Å². The summed E-state index contributed by atoms with van der Waals surface area (Å²) in [5.74, 6) is 0.628. The van der Waals surface area contributed by atoms with E-state index in [1.54, 1.807) is 12.1 Å². The SMILES string of the molecule is Cl.O=C(CN1CCNCC1c1cccc(F)c1)NCC1Cc2ccccc2O1. The van der Waals surface area contributed by atoms with E-state index in [1.807, 2.05) is 24.3 Å². The van der Waals surface area contributed by atoms with E-state index in [-0.39, 0.29) is 36.3 Å². The van der Waals surface area contributed by atoms with Crippen LogP contribution in [0.4, 0.5) is 4.39 Å². The third-order valence-corrected chi connectivity index (χ3v) is 5.18. The smallest absolute Gasteiger partial charge is 0.234 e. The lowest BCUT2D eigenvalue weighted by molar-refractivity contribution is -0.123. The third kappa shape index (κ3) is 4.82. The fourth-order valence-electron chi connectivity index (χ4n) is 3.81. The Morgan fingerprint density at radius 2 is 2.11 bits per heavy atom. The molecule has 0 spiro atoms. The van der Waals surface area contributed by atoms with Gasteiger partial charge in [0.1, 0.15) is 17.7 Å². The van der Waals surface area contributed by atoms with Crippen LogP contribution < -0.4 is 15.4 Å². The first-order valence-corrected chi connectivity index (χ1v) is 9.40. The number of hydrogen-bond acceptors (Lipinski definition) is 4. The van der Waals surface area contributed by atoms with Crippen LogP contribution >= 0.6 is 12.4 Å². The second kappa shape index (κ2) is 9.37. The van der Waals surface area contributed by atoms with E-state index in [9.17, 15) is 9.18 Å². The van der Waals surface area contributed by atoms with Crippen LogP contribution in [-0.2, 0) is 11.2 Å². The number of nitrogens with zero attached hydrogens (tertiary/aromatic N) is 1. The summed E-state index contributed by atoms with van der Waals surface area (Å²) in [6.45, 7) is 3.06. The zero-order chi connectivity index (χ0) is 18.6. The second-order valence-corrected chi connectivity index (χ2v) is 7.10. The molecule has 1 amide bonds. The molecular formula is C21H25ClFN3O2. The number of benzene rings is 2. The number of piperazine rings is 1. The van der Waals surface area contributed by atoms with Gasteiger partial charge in [-0.2, -0.15) is 0 Å². The van der Waals surface area contributed by atoms with Crippen molar-refractivity contribution in [1.82, 2.24) is 15.5 Å². The van der Waals surface area contributed by atoms with Gasteiger partial charge < -0.3 is 15.4 Å². The molecule has 2 unspecified atom stereocenters. The average Bonchev–Trinajstić information content (AvgIpc) is 3.10. The minimum absolute atomic E-state index is 0. The van der Waals surface area contributed by atoms with Gasteiger partial charge in [0.25, 0.3) is 0 Å². The summed E-state index contributed by atoms with van der Waals surface area (Å²) in [4.78, 5) is 14.6. The highest BCUT2D eigenvalue weighted by atomic mass is 35.5. The molecule has 7 heteroatoms. The molecule has 4 rings (SSSR count). The highest BCUT2D eigenvalue weighted by molar-refractivity contribution is 5.85. The first-order chi connectivity index (χ1) is 13.2. The minimum Gasteiger partial charge on any atom is -0.488 e. The maximum Gasteiger partial charge on any atom is 0.234 e. The van der Waals surface area contributed by atoms with Crippen molar-refractivity contribution in [2.75, 3.05) is 32.7 Å². The molecule has 2 atom stereocenters. The molecule has 2 aromatic carbocycles. The summed E-state index contributed by atoms with van der Waals surface area (Å²) in [6, 6.07) is 14.6. The van der Waals surface area contributed by atoms with Crippen molar-refractivity contribution in [2.24, 2.45) is 0 Å². The summed E-state index contributed by atoms with van der Waals surface area (Å²) in [5.41, 5.74) is 2.08. The number of carbonyl (C=O) groups is 1. The zero-order valence-corrected chi connectivity index (χ0v) is 16.4. The van der Waals surface area contributed by atoms with E-state index in [1.165, 1.54) is 11.6 Å². The van der Waals surface area contributed by atoms with Gasteiger partial charge in [0.15, 0.2) is 0 Å². The van der Waals surface area contributed by atoms with Gasteiger partial charge in [-0.25, -0.2) is 4.39 Å². The predicted octanol–water partition coefficient (Wildman–Crippen LogP) is 2.31. The maximum absolute atomic E-state index is 13.6. The highest BCUT2D eigenvalue weighted by Gasteiger charge is 2.27. The van der Waals surface area contributed by atoms with Crippen LogP contribution in [0.2, 0.25) is 0 Å². The number of halogens is 2. The van der Waals surface area contributed by atoms with Gasteiger partial charge in [0.2, 0.25) is 5.91 Å². The standard InChI is InChI=1S/C21H24FN3O2.ClH/c22-17-6-3-5-15(10-17)19-13-23-8-9-25(19)14-21(26)24-12-18-11-16-4-1-2-7-20(16)27-18;/h1-7,10,18-19,23H,8-9,11-14H2,(H,24,26);1H. The van der Waals surface area contributed by atoms with Crippen LogP contribution in [0, 0.1) is 5.82 Å². The molecule has 1 fully saturated rings. The van der Waals surface area contributed by atoms with Crippen molar-refractivity contribution >= 4 is 18.3 Å². The van der Waals surface area contributed by atoms with Crippen LogP contribution in [0.3, 0.4) is 0 Å². The molecule has 150 valence electrons. The molecule has 2 aromatic rings. The number of fused-ring (bicyclic) bond motifs is 1. The molecule has 28 heavy (non-hydrogen) atoms. The molecular weight excluding hydrogens is 381 g/mol. The molecule has 2 aliphatic heterocycles. The minimum atomic E-state index is -0.250. The van der Waals surface area contributed by atoms with Gasteiger partial charge in [-0.05, 0) is 29.3 Å². The number of hydrogen-bond donors (Lipinski definition) is 2. The summed E-state index contributed by atoms with van der Waals surface area (Å²) < 4.78 is 19.5. The molecule has 0 aliphatic carbocycles. The second-order valence-electron chi connectivity index (χ2n) is 7.10. The summed E-state index contributed by atoms with van der Waals surface area (Å²) >= 11 is 0. The van der Waals surface area contributed by atoms with E-state index < -0.39 is 0 Å². The predicted molar refractivity (Wildman–Crippen MR) is 108 cm³/mol. The lowest BCUT2D eigenvalue weighted by Gasteiger charge is -2.36. The van der Waals surface area contributed by atoms with Gasteiger partial charge in [0, 0.05) is 32.1 Å².